The molecule has 0 bridgehead atoms. The first-order valence-corrected chi connectivity index (χ1v) is 7.34. The zero-order chi connectivity index (χ0) is 16.5. The molecule has 7 heteroatoms. The van der Waals surface area contributed by atoms with E-state index in [4.69, 9.17) is 4.74 Å². The van der Waals surface area contributed by atoms with Gasteiger partial charge in [0.15, 0.2) is 5.96 Å². The van der Waals surface area contributed by atoms with Crippen LogP contribution in [0.4, 0.5) is 4.39 Å². The fourth-order valence-electron chi connectivity index (χ4n) is 2.11. The van der Waals surface area contributed by atoms with Crippen LogP contribution in [-0.4, -0.2) is 51.8 Å². The molecule has 1 atom stereocenters. The van der Waals surface area contributed by atoms with E-state index in [-0.39, 0.29) is 35.8 Å². The van der Waals surface area contributed by atoms with E-state index in [0.29, 0.717) is 31.2 Å². The Morgan fingerprint density at radius 1 is 1.39 bits per heavy atom. The van der Waals surface area contributed by atoms with Gasteiger partial charge in [-0.1, -0.05) is 6.07 Å². The van der Waals surface area contributed by atoms with Gasteiger partial charge in [0.1, 0.15) is 5.82 Å². The molecule has 0 heterocycles. The fourth-order valence-corrected chi connectivity index (χ4v) is 2.11. The molecule has 0 amide bonds. The topological polar surface area (TPSA) is 48.9 Å². The van der Waals surface area contributed by atoms with Gasteiger partial charge in [-0.05, 0) is 38.7 Å². The van der Waals surface area contributed by atoms with Gasteiger partial charge in [-0.25, -0.2) is 4.39 Å². The highest BCUT2D eigenvalue weighted by Crippen LogP contribution is 2.12. The number of nitrogens with one attached hydrogen (secondary N) is 2. The summed E-state index contributed by atoms with van der Waals surface area (Å²) in [6.45, 7) is 3.78. The second-order valence-corrected chi connectivity index (χ2v) is 5.59. The van der Waals surface area contributed by atoms with Crippen LogP contribution in [0.2, 0.25) is 0 Å². The number of hydrogen-bond donors (Lipinski definition) is 2. The lowest BCUT2D eigenvalue weighted by Crippen LogP contribution is -2.43. The van der Waals surface area contributed by atoms with Gasteiger partial charge in [0.25, 0.3) is 0 Å². The van der Waals surface area contributed by atoms with Gasteiger partial charge < -0.3 is 20.3 Å². The Hall–Kier alpha value is -0.930. The Kier molecular flexibility index (Phi) is 11.1. The summed E-state index contributed by atoms with van der Waals surface area (Å²) < 4.78 is 18.8. The van der Waals surface area contributed by atoms with E-state index in [0.717, 1.165) is 5.56 Å². The molecule has 132 valence electrons. The Labute approximate surface area is 155 Å². The Bertz CT molecular complexity index is 497. The molecular weight excluding hydrogens is 410 g/mol. The van der Waals surface area contributed by atoms with Crippen molar-refractivity contribution in [2.24, 2.45) is 4.99 Å². The summed E-state index contributed by atoms with van der Waals surface area (Å²) in [6, 6.07) is 5.34. The van der Waals surface area contributed by atoms with Crippen molar-refractivity contribution < 1.29 is 9.13 Å². The van der Waals surface area contributed by atoms with E-state index < -0.39 is 0 Å². The predicted octanol–water partition coefficient (Wildman–Crippen LogP) is 2.21. The molecule has 0 aliphatic rings. The van der Waals surface area contributed by atoms with E-state index in [2.05, 4.69) is 15.6 Å². The largest absolute Gasteiger partial charge is 0.383 e. The van der Waals surface area contributed by atoms with Crippen LogP contribution in [0, 0.1) is 5.82 Å². The van der Waals surface area contributed by atoms with Gasteiger partial charge >= 0.3 is 0 Å². The molecule has 0 saturated carbocycles. The van der Waals surface area contributed by atoms with Gasteiger partial charge in [0.05, 0.1) is 6.61 Å². The van der Waals surface area contributed by atoms with Crippen LogP contribution in [0.15, 0.2) is 23.2 Å². The molecule has 1 unspecified atom stereocenters. The van der Waals surface area contributed by atoms with Gasteiger partial charge in [-0.2, -0.15) is 0 Å². The lowest BCUT2D eigenvalue weighted by Gasteiger charge is -2.17. The fraction of sp³-hybridized carbons (Fsp3) is 0.562. The summed E-state index contributed by atoms with van der Waals surface area (Å²) in [5.74, 6) is 0.525. The number of rotatable bonds is 7. The second-order valence-electron chi connectivity index (χ2n) is 5.59. The number of halogens is 2. The van der Waals surface area contributed by atoms with E-state index in [9.17, 15) is 4.39 Å². The molecule has 0 aliphatic heterocycles. The van der Waals surface area contributed by atoms with Crippen LogP contribution >= 0.6 is 24.0 Å². The summed E-state index contributed by atoms with van der Waals surface area (Å²) in [4.78, 5) is 6.12. The van der Waals surface area contributed by atoms with Crippen LogP contribution in [0.5, 0.6) is 0 Å². The molecule has 0 spiro atoms. The van der Waals surface area contributed by atoms with Crippen LogP contribution in [0.3, 0.4) is 0 Å². The maximum absolute atomic E-state index is 13.8. The molecule has 1 aromatic carbocycles. The Morgan fingerprint density at radius 2 is 2.09 bits per heavy atom. The monoisotopic (exact) mass is 438 g/mol. The number of benzene rings is 1. The molecule has 0 fully saturated rings. The van der Waals surface area contributed by atoms with Crippen molar-refractivity contribution in [3.63, 3.8) is 0 Å². The normalized spacial score (nSPS) is 12.7. The van der Waals surface area contributed by atoms with Gasteiger partial charge in [0.2, 0.25) is 0 Å². The van der Waals surface area contributed by atoms with Crippen molar-refractivity contribution in [1.82, 2.24) is 15.5 Å². The van der Waals surface area contributed by atoms with Crippen molar-refractivity contribution in [2.75, 3.05) is 34.9 Å². The first-order chi connectivity index (χ1) is 10.5. The zero-order valence-electron chi connectivity index (χ0n) is 14.5. The van der Waals surface area contributed by atoms with Crippen molar-refractivity contribution in [3.8, 4) is 0 Å². The average Bonchev–Trinajstić information content (AvgIpc) is 2.46. The molecule has 0 aromatic heterocycles. The van der Waals surface area contributed by atoms with E-state index in [1.54, 1.807) is 20.2 Å². The lowest BCUT2D eigenvalue weighted by atomic mass is 10.1. The summed E-state index contributed by atoms with van der Waals surface area (Å²) in [5, 5.41) is 6.45. The number of ether oxygens (including phenoxy) is 1. The first-order valence-electron chi connectivity index (χ1n) is 7.34. The minimum Gasteiger partial charge on any atom is -0.383 e. The third-order valence-electron chi connectivity index (χ3n) is 3.08. The van der Waals surface area contributed by atoms with Crippen molar-refractivity contribution in [1.29, 1.82) is 0 Å². The van der Waals surface area contributed by atoms with Gasteiger partial charge in [-0.15, -0.1) is 24.0 Å². The Morgan fingerprint density at radius 3 is 2.65 bits per heavy atom. The molecular formula is C16H28FIN4O. The highest BCUT2D eigenvalue weighted by molar-refractivity contribution is 14.0. The second kappa shape index (κ2) is 11.6. The van der Waals surface area contributed by atoms with E-state index >= 15 is 0 Å². The maximum atomic E-state index is 13.8. The smallest absolute Gasteiger partial charge is 0.191 e. The first kappa shape index (κ1) is 22.1. The van der Waals surface area contributed by atoms with Crippen molar-refractivity contribution in [3.05, 3.63) is 35.1 Å². The van der Waals surface area contributed by atoms with Crippen molar-refractivity contribution >= 4 is 29.9 Å². The van der Waals surface area contributed by atoms with Gasteiger partial charge in [0, 0.05) is 38.9 Å². The standard InChI is InChI=1S/C16H27FN4O.HI/c1-12(11-22-5)20-16(18-2)19-9-13-6-7-15(17)14(8-13)10-21(3)4;/h6-8,12H,9-11H2,1-5H3,(H2,18,19,20);1H. The number of aliphatic imine (C=N–C) groups is 1. The maximum Gasteiger partial charge on any atom is 0.191 e. The molecule has 2 N–H and O–H groups in total. The molecule has 0 radical (unpaired) electrons. The van der Waals surface area contributed by atoms with Crippen molar-refractivity contribution in [2.45, 2.75) is 26.1 Å². The lowest BCUT2D eigenvalue weighted by molar-refractivity contribution is 0.179. The quantitative estimate of drug-likeness (QED) is 0.390. The van der Waals surface area contributed by atoms with Gasteiger partial charge in [-0.3, -0.25) is 4.99 Å². The minimum absolute atomic E-state index is 0. The molecule has 1 aromatic rings. The number of guanidine groups is 1. The van der Waals surface area contributed by atoms with Crippen LogP contribution in [0.1, 0.15) is 18.1 Å². The summed E-state index contributed by atoms with van der Waals surface area (Å²) in [5.41, 5.74) is 1.71. The summed E-state index contributed by atoms with van der Waals surface area (Å²) in [6.07, 6.45) is 0. The number of hydrogen-bond acceptors (Lipinski definition) is 3. The minimum atomic E-state index is -0.173. The molecule has 0 aliphatic carbocycles. The highest BCUT2D eigenvalue weighted by atomic mass is 127. The summed E-state index contributed by atoms with van der Waals surface area (Å²) in [7, 11) is 7.23. The SMILES string of the molecule is CN=C(NCc1ccc(F)c(CN(C)C)c1)NC(C)COC.I. The van der Waals surface area contributed by atoms with E-state index in [1.165, 1.54) is 6.07 Å². The van der Waals surface area contributed by atoms with Crippen LogP contribution < -0.4 is 10.6 Å². The predicted molar refractivity (Wildman–Crippen MR) is 104 cm³/mol. The summed E-state index contributed by atoms with van der Waals surface area (Å²) >= 11 is 0. The van der Waals surface area contributed by atoms with Crippen LogP contribution in [0.25, 0.3) is 0 Å². The third kappa shape index (κ3) is 8.47. The number of methoxy groups -OCH3 is 1. The Balaban J connectivity index is 0.00000484. The third-order valence-corrected chi connectivity index (χ3v) is 3.08. The average molecular weight is 438 g/mol. The molecule has 1 rings (SSSR count). The molecule has 5 nitrogen and oxygen atoms in total. The zero-order valence-corrected chi connectivity index (χ0v) is 16.8. The highest BCUT2D eigenvalue weighted by Gasteiger charge is 2.07. The van der Waals surface area contributed by atoms with E-state index in [1.807, 2.05) is 32.0 Å². The molecule has 23 heavy (non-hydrogen) atoms. The van der Waals surface area contributed by atoms with Crippen LogP contribution in [-0.2, 0) is 17.8 Å². The molecule has 0 saturated heterocycles. The number of nitrogens with zero attached hydrogens (tertiary/aromatic N) is 2.